The van der Waals surface area contributed by atoms with Gasteiger partial charge in [0.15, 0.2) is 10.8 Å². The molecule has 0 saturated heterocycles. The first-order valence-corrected chi connectivity index (χ1v) is 8.49. The number of benzene rings is 1. The molecule has 0 fully saturated rings. The first-order chi connectivity index (χ1) is 10.6. The van der Waals surface area contributed by atoms with Gasteiger partial charge in [0.1, 0.15) is 10.7 Å². The van der Waals surface area contributed by atoms with Gasteiger partial charge in [-0.15, -0.1) is 15.3 Å². The topological polar surface area (TPSA) is 68.9 Å². The van der Waals surface area contributed by atoms with Gasteiger partial charge in [0, 0.05) is 4.47 Å². The lowest BCUT2D eigenvalue weighted by Gasteiger charge is -1.99. The van der Waals surface area contributed by atoms with E-state index in [0.717, 1.165) is 15.6 Å². The number of halogens is 2. The maximum atomic E-state index is 14.1. The predicted molar refractivity (Wildman–Crippen MR) is 85.4 cm³/mol. The molecule has 1 aromatic carbocycles. The van der Waals surface area contributed by atoms with Gasteiger partial charge in [-0.1, -0.05) is 31.8 Å². The Kier molecular flexibility index (Phi) is 3.24. The SMILES string of the molecule is Cc1nnsc1-c1nn2c(-c3ccc(Br)cc3F)nnc2s1. The highest BCUT2D eigenvalue weighted by Gasteiger charge is 2.19. The number of fused-ring (bicyclic) bond motifs is 1. The maximum Gasteiger partial charge on any atom is 0.235 e. The monoisotopic (exact) mass is 396 g/mol. The molecule has 0 radical (unpaired) electrons. The molecule has 0 atom stereocenters. The van der Waals surface area contributed by atoms with Crippen molar-refractivity contribution in [2.45, 2.75) is 6.92 Å². The second-order valence-electron chi connectivity index (χ2n) is 4.44. The van der Waals surface area contributed by atoms with E-state index < -0.39 is 0 Å². The summed E-state index contributed by atoms with van der Waals surface area (Å²) in [6, 6.07) is 4.79. The van der Waals surface area contributed by atoms with Crippen molar-refractivity contribution in [3.8, 4) is 21.3 Å². The van der Waals surface area contributed by atoms with Crippen LogP contribution in [-0.4, -0.2) is 29.4 Å². The molecule has 4 rings (SSSR count). The van der Waals surface area contributed by atoms with E-state index in [1.165, 1.54) is 28.9 Å². The average Bonchev–Trinajstić information content (AvgIpc) is 3.14. The van der Waals surface area contributed by atoms with Gasteiger partial charge in [0.25, 0.3) is 0 Å². The summed E-state index contributed by atoms with van der Waals surface area (Å²) in [7, 11) is 0. The summed E-state index contributed by atoms with van der Waals surface area (Å²) in [6.45, 7) is 1.87. The lowest BCUT2D eigenvalue weighted by Crippen LogP contribution is -1.93. The molecule has 3 heterocycles. The predicted octanol–water partition coefficient (Wildman–Crippen LogP) is 3.58. The summed E-state index contributed by atoms with van der Waals surface area (Å²) < 4.78 is 20.3. The van der Waals surface area contributed by atoms with Crippen LogP contribution in [0, 0.1) is 12.7 Å². The van der Waals surface area contributed by atoms with E-state index in [1.54, 1.807) is 16.6 Å². The van der Waals surface area contributed by atoms with Gasteiger partial charge in [0.05, 0.1) is 11.3 Å². The largest absolute Gasteiger partial charge is 0.235 e. The summed E-state index contributed by atoms with van der Waals surface area (Å²) in [5, 5.41) is 17.3. The Morgan fingerprint density at radius 3 is 2.82 bits per heavy atom. The van der Waals surface area contributed by atoms with E-state index in [4.69, 9.17) is 0 Å². The summed E-state index contributed by atoms with van der Waals surface area (Å²) in [4.78, 5) is 1.48. The number of hydrogen-bond donors (Lipinski definition) is 0. The fourth-order valence-electron chi connectivity index (χ4n) is 1.98. The highest BCUT2D eigenvalue weighted by atomic mass is 79.9. The smallest absolute Gasteiger partial charge is 0.206 e. The van der Waals surface area contributed by atoms with Crippen molar-refractivity contribution in [3.05, 3.63) is 34.2 Å². The Labute approximate surface area is 139 Å². The van der Waals surface area contributed by atoms with Gasteiger partial charge >= 0.3 is 0 Å². The minimum Gasteiger partial charge on any atom is -0.206 e. The number of aromatic nitrogens is 6. The van der Waals surface area contributed by atoms with Crippen molar-refractivity contribution >= 4 is 43.8 Å². The summed E-state index contributed by atoms with van der Waals surface area (Å²) >= 11 is 5.88. The first-order valence-electron chi connectivity index (χ1n) is 6.10. The maximum absolute atomic E-state index is 14.1. The van der Waals surface area contributed by atoms with Crippen LogP contribution in [0.3, 0.4) is 0 Å². The zero-order chi connectivity index (χ0) is 15.3. The van der Waals surface area contributed by atoms with Gasteiger partial charge in [-0.2, -0.15) is 9.61 Å². The van der Waals surface area contributed by atoms with E-state index in [2.05, 4.69) is 40.8 Å². The highest BCUT2D eigenvalue weighted by Crippen LogP contribution is 2.32. The van der Waals surface area contributed by atoms with Crippen LogP contribution in [0.4, 0.5) is 4.39 Å². The van der Waals surface area contributed by atoms with E-state index in [1.807, 2.05) is 6.92 Å². The van der Waals surface area contributed by atoms with E-state index >= 15 is 0 Å². The molecular weight excluding hydrogens is 391 g/mol. The second kappa shape index (κ2) is 5.14. The average molecular weight is 397 g/mol. The Hall–Kier alpha value is -1.78. The van der Waals surface area contributed by atoms with Gasteiger partial charge in [-0.05, 0) is 36.7 Å². The van der Waals surface area contributed by atoms with Crippen molar-refractivity contribution in [3.63, 3.8) is 0 Å². The molecule has 10 heteroatoms. The Bertz CT molecular complexity index is 991. The summed E-state index contributed by atoms with van der Waals surface area (Å²) in [5.41, 5.74) is 1.16. The molecule has 4 aromatic rings. The molecule has 0 aliphatic rings. The van der Waals surface area contributed by atoms with Crippen LogP contribution in [0.5, 0.6) is 0 Å². The molecule has 6 nitrogen and oxygen atoms in total. The first kappa shape index (κ1) is 13.9. The van der Waals surface area contributed by atoms with E-state index in [9.17, 15) is 4.39 Å². The molecular formula is C12H6BrFN6S2. The van der Waals surface area contributed by atoms with Crippen LogP contribution < -0.4 is 0 Å². The lowest BCUT2D eigenvalue weighted by molar-refractivity contribution is 0.628. The molecule has 3 aromatic heterocycles. The van der Waals surface area contributed by atoms with Gasteiger partial charge in [-0.3, -0.25) is 0 Å². The standard InChI is InChI=1S/C12H6BrFN6S2/c1-5-9(22-19-15-5)11-18-20-10(16-17-12(20)21-11)7-3-2-6(13)4-8(7)14/h2-4H,1H3. The van der Waals surface area contributed by atoms with E-state index in [-0.39, 0.29) is 5.82 Å². The Balaban J connectivity index is 1.89. The van der Waals surface area contributed by atoms with Crippen molar-refractivity contribution < 1.29 is 4.39 Å². The van der Waals surface area contributed by atoms with Crippen LogP contribution >= 0.6 is 38.8 Å². The minimum atomic E-state index is -0.381. The molecule has 0 aliphatic carbocycles. The Morgan fingerprint density at radius 1 is 1.23 bits per heavy atom. The molecule has 0 unspecified atom stereocenters. The van der Waals surface area contributed by atoms with Crippen LogP contribution in [0.15, 0.2) is 22.7 Å². The molecule has 0 aliphatic heterocycles. The Morgan fingerprint density at radius 2 is 2.09 bits per heavy atom. The molecule has 0 spiro atoms. The quantitative estimate of drug-likeness (QED) is 0.517. The number of rotatable bonds is 2. The van der Waals surface area contributed by atoms with Crippen LogP contribution in [0.1, 0.15) is 5.69 Å². The molecule has 110 valence electrons. The normalized spacial score (nSPS) is 11.4. The second-order valence-corrected chi connectivity index (χ2v) is 7.06. The summed E-state index contributed by atoms with van der Waals surface area (Å²) in [6.07, 6.45) is 0. The lowest BCUT2D eigenvalue weighted by atomic mass is 10.2. The van der Waals surface area contributed by atoms with Gasteiger partial charge < -0.3 is 0 Å². The number of nitrogens with zero attached hydrogens (tertiary/aromatic N) is 6. The fraction of sp³-hybridized carbons (Fsp3) is 0.0833. The van der Waals surface area contributed by atoms with Gasteiger partial charge in [-0.25, -0.2) is 4.39 Å². The third-order valence-electron chi connectivity index (χ3n) is 3.01. The molecule has 0 bridgehead atoms. The molecule has 22 heavy (non-hydrogen) atoms. The number of hydrogen-bond acceptors (Lipinski definition) is 7. The molecule has 0 N–H and O–H groups in total. The van der Waals surface area contributed by atoms with Crippen LogP contribution in [0.25, 0.3) is 26.2 Å². The molecule has 0 saturated carbocycles. The van der Waals surface area contributed by atoms with E-state index in [0.29, 0.717) is 20.8 Å². The van der Waals surface area contributed by atoms with Crippen LogP contribution in [-0.2, 0) is 0 Å². The fourth-order valence-corrected chi connectivity index (χ4v) is 3.91. The number of aryl methyl sites for hydroxylation is 1. The highest BCUT2D eigenvalue weighted by molar-refractivity contribution is 9.10. The zero-order valence-electron chi connectivity index (χ0n) is 11.0. The third-order valence-corrected chi connectivity index (χ3v) is 5.38. The third kappa shape index (κ3) is 2.14. The zero-order valence-corrected chi connectivity index (χ0v) is 14.2. The minimum absolute atomic E-state index is 0.353. The summed E-state index contributed by atoms with van der Waals surface area (Å²) in [5.74, 6) is -0.00788. The van der Waals surface area contributed by atoms with Crippen LogP contribution in [0.2, 0.25) is 0 Å². The van der Waals surface area contributed by atoms with Crippen molar-refractivity contribution in [2.24, 2.45) is 0 Å². The van der Waals surface area contributed by atoms with Crippen molar-refractivity contribution in [1.29, 1.82) is 0 Å². The van der Waals surface area contributed by atoms with Gasteiger partial charge in [0.2, 0.25) is 4.96 Å². The van der Waals surface area contributed by atoms with Crippen molar-refractivity contribution in [2.75, 3.05) is 0 Å². The molecule has 0 amide bonds. The van der Waals surface area contributed by atoms with Crippen molar-refractivity contribution in [1.82, 2.24) is 29.4 Å².